The Hall–Kier alpha value is -3.40. The van der Waals surface area contributed by atoms with E-state index >= 15 is 0 Å². The molecule has 0 unspecified atom stereocenters. The molecule has 1 aliphatic rings. The van der Waals surface area contributed by atoms with Gasteiger partial charge in [-0.3, -0.25) is 9.59 Å². The fourth-order valence-corrected chi connectivity index (χ4v) is 4.69. The number of amides is 1. The average Bonchev–Trinajstić information content (AvgIpc) is 2.78. The van der Waals surface area contributed by atoms with Crippen LogP contribution >= 0.6 is 0 Å². The Morgan fingerprint density at radius 3 is 2.23 bits per heavy atom. The van der Waals surface area contributed by atoms with Crippen LogP contribution in [0.2, 0.25) is 0 Å². The summed E-state index contributed by atoms with van der Waals surface area (Å²) in [6.45, 7) is 7.32. The van der Waals surface area contributed by atoms with Crippen molar-refractivity contribution in [3.8, 4) is 11.1 Å². The minimum atomic E-state index is -0.826. The molecule has 0 aromatic heterocycles. The molecule has 1 N–H and O–H groups in total. The minimum absolute atomic E-state index is 0.00414. The van der Waals surface area contributed by atoms with E-state index in [1.807, 2.05) is 49.1 Å². The zero-order valence-electron chi connectivity index (χ0n) is 18.2. The van der Waals surface area contributed by atoms with Crippen LogP contribution in [0, 0.1) is 20.8 Å². The fourth-order valence-electron chi connectivity index (χ4n) is 4.69. The summed E-state index contributed by atoms with van der Waals surface area (Å²) in [7, 11) is 0. The molecule has 0 saturated heterocycles. The van der Waals surface area contributed by atoms with Crippen LogP contribution in [-0.2, 0) is 24.2 Å². The molecule has 3 aromatic rings. The number of carboxylic acids is 1. The van der Waals surface area contributed by atoms with E-state index in [9.17, 15) is 14.7 Å². The third-order valence-corrected chi connectivity index (χ3v) is 6.36. The SMILES string of the molecule is Cc1ccc(-c2c(C)c3c(c(C)c2CC(=O)O)CCN(C(=O)c2ccccc2)C3)cc1. The van der Waals surface area contributed by atoms with Crippen molar-refractivity contribution in [2.75, 3.05) is 6.54 Å². The lowest BCUT2D eigenvalue weighted by atomic mass is 9.81. The fraction of sp³-hybridized carbons (Fsp3) is 0.259. The lowest BCUT2D eigenvalue weighted by molar-refractivity contribution is -0.136. The van der Waals surface area contributed by atoms with Crippen LogP contribution in [0.5, 0.6) is 0 Å². The summed E-state index contributed by atoms with van der Waals surface area (Å²) >= 11 is 0. The average molecular weight is 414 g/mol. The Balaban J connectivity index is 1.82. The highest BCUT2D eigenvalue weighted by Gasteiger charge is 2.28. The molecule has 1 amide bonds. The number of rotatable bonds is 4. The summed E-state index contributed by atoms with van der Waals surface area (Å²) in [5.74, 6) is -0.790. The number of aryl methyl sites for hydroxylation is 1. The van der Waals surface area contributed by atoms with Crippen molar-refractivity contribution in [1.82, 2.24) is 4.90 Å². The Bertz CT molecular complexity index is 1150. The lowest BCUT2D eigenvalue weighted by Gasteiger charge is -2.33. The Morgan fingerprint density at radius 2 is 1.58 bits per heavy atom. The summed E-state index contributed by atoms with van der Waals surface area (Å²) in [6, 6.07) is 17.6. The van der Waals surface area contributed by atoms with Gasteiger partial charge in [-0.2, -0.15) is 0 Å². The highest BCUT2D eigenvalue weighted by atomic mass is 16.4. The van der Waals surface area contributed by atoms with Crippen LogP contribution < -0.4 is 0 Å². The van der Waals surface area contributed by atoms with Gasteiger partial charge in [0.05, 0.1) is 6.42 Å². The lowest BCUT2D eigenvalue weighted by Crippen LogP contribution is -2.37. The first-order chi connectivity index (χ1) is 14.9. The summed E-state index contributed by atoms with van der Waals surface area (Å²) in [6.07, 6.45) is 0.733. The molecule has 0 atom stereocenters. The number of aliphatic carboxylic acids is 1. The second-order valence-corrected chi connectivity index (χ2v) is 8.34. The zero-order chi connectivity index (χ0) is 22.1. The molecule has 0 aliphatic carbocycles. The molecule has 0 saturated carbocycles. The van der Waals surface area contributed by atoms with E-state index in [2.05, 4.69) is 31.2 Å². The van der Waals surface area contributed by atoms with Crippen LogP contribution in [0.15, 0.2) is 54.6 Å². The maximum absolute atomic E-state index is 13.1. The predicted octanol–water partition coefficient (Wildman–Crippen LogP) is 5.10. The summed E-state index contributed by atoms with van der Waals surface area (Å²) in [4.78, 5) is 26.6. The Morgan fingerprint density at radius 1 is 0.903 bits per heavy atom. The van der Waals surface area contributed by atoms with Gasteiger partial charge in [-0.05, 0) is 78.3 Å². The molecule has 31 heavy (non-hydrogen) atoms. The quantitative estimate of drug-likeness (QED) is 0.647. The van der Waals surface area contributed by atoms with Gasteiger partial charge in [-0.1, -0.05) is 48.0 Å². The van der Waals surface area contributed by atoms with Gasteiger partial charge in [-0.15, -0.1) is 0 Å². The van der Waals surface area contributed by atoms with Crippen molar-refractivity contribution in [2.45, 2.75) is 40.2 Å². The smallest absolute Gasteiger partial charge is 0.307 e. The van der Waals surface area contributed by atoms with Crippen LogP contribution in [0.3, 0.4) is 0 Å². The second kappa shape index (κ2) is 8.38. The van der Waals surface area contributed by atoms with Crippen molar-refractivity contribution in [2.24, 2.45) is 0 Å². The van der Waals surface area contributed by atoms with Crippen molar-refractivity contribution >= 4 is 11.9 Å². The Labute approximate surface area is 183 Å². The molecule has 1 aliphatic heterocycles. The highest BCUT2D eigenvalue weighted by Crippen LogP contribution is 2.38. The first-order valence-electron chi connectivity index (χ1n) is 10.6. The van der Waals surface area contributed by atoms with Gasteiger partial charge in [0.2, 0.25) is 0 Å². The summed E-state index contributed by atoms with van der Waals surface area (Å²) < 4.78 is 0. The number of carboxylic acid groups (broad SMARTS) is 1. The van der Waals surface area contributed by atoms with Crippen molar-refractivity contribution in [3.63, 3.8) is 0 Å². The van der Waals surface area contributed by atoms with Crippen LogP contribution in [0.4, 0.5) is 0 Å². The molecule has 0 radical (unpaired) electrons. The Kier molecular flexibility index (Phi) is 5.64. The standard InChI is InChI=1S/C27H27NO3/c1-17-9-11-20(12-10-17)26-19(3)24-16-28(27(31)21-7-5-4-6-8-21)14-13-22(24)18(2)23(26)15-25(29)30/h4-12H,13-16H2,1-3H3,(H,29,30). The van der Waals surface area contributed by atoms with Gasteiger partial charge in [0.25, 0.3) is 5.91 Å². The molecule has 158 valence electrons. The molecule has 4 heteroatoms. The largest absolute Gasteiger partial charge is 0.481 e. The van der Waals surface area contributed by atoms with Gasteiger partial charge in [-0.25, -0.2) is 0 Å². The topological polar surface area (TPSA) is 57.6 Å². The molecular weight excluding hydrogens is 386 g/mol. The number of hydrogen-bond donors (Lipinski definition) is 1. The van der Waals surface area contributed by atoms with E-state index in [4.69, 9.17) is 0 Å². The first-order valence-corrected chi connectivity index (χ1v) is 10.6. The van der Waals surface area contributed by atoms with E-state index in [0.717, 1.165) is 45.4 Å². The van der Waals surface area contributed by atoms with Crippen LogP contribution in [0.1, 0.15) is 43.7 Å². The highest BCUT2D eigenvalue weighted by molar-refractivity contribution is 5.94. The number of fused-ring (bicyclic) bond motifs is 1. The monoisotopic (exact) mass is 413 g/mol. The molecule has 0 spiro atoms. The zero-order valence-corrected chi connectivity index (χ0v) is 18.2. The predicted molar refractivity (Wildman–Crippen MR) is 122 cm³/mol. The molecule has 1 heterocycles. The molecule has 4 nitrogen and oxygen atoms in total. The number of benzene rings is 3. The van der Waals surface area contributed by atoms with Gasteiger partial charge < -0.3 is 10.0 Å². The van der Waals surface area contributed by atoms with Gasteiger partial charge in [0.1, 0.15) is 0 Å². The number of carbonyl (C=O) groups is 2. The van der Waals surface area contributed by atoms with E-state index < -0.39 is 5.97 Å². The van der Waals surface area contributed by atoms with Crippen LogP contribution in [-0.4, -0.2) is 28.4 Å². The molecular formula is C27H27NO3. The minimum Gasteiger partial charge on any atom is -0.481 e. The van der Waals surface area contributed by atoms with E-state index in [-0.39, 0.29) is 12.3 Å². The summed E-state index contributed by atoms with van der Waals surface area (Å²) in [5, 5.41) is 9.59. The molecule has 4 rings (SSSR count). The van der Waals surface area contributed by atoms with E-state index in [1.54, 1.807) is 0 Å². The van der Waals surface area contributed by atoms with Crippen LogP contribution in [0.25, 0.3) is 11.1 Å². The maximum atomic E-state index is 13.1. The second-order valence-electron chi connectivity index (χ2n) is 8.34. The van der Waals surface area contributed by atoms with E-state index in [0.29, 0.717) is 18.7 Å². The van der Waals surface area contributed by atoms with Gasteiger partial charge >= 0.3 is 5.97 Å². The molecule has 0 bridgehead atoms. The number of hydrogen-bond acceptors (Lipinski definition) is 2. The maximum Gasteiger partial charge on any atom is 0.307 e. The van der Waals surface area contributed by atoms with Gasteiger partial charge in [0.15, 0.2) is 0 Å². The van der Waals surface area contributed by atoms with Crippen molar-refractivity contribution < 1.29 is 14.7 Å². The van der Waals surface area contributed by atoms with Crippen molar-refractivity contribution in [3.05, 3.63) is 93.5 Å². The third-order valence-electron chi connectivity index (χ3n) is 6.36. The number of nitrogens with zero attached hydrogens (tertiary/aromatic N) is 1. The van der Waals surface area contributed by atoms with Crippen molar-refractivity contribution in [1.29, 1.82) is 0 Å². The third kappa shape index (κ3) is 3.98. The molecule has 3 aromatic carbocycles. The summed E-state index contributed by atoms with van der Waals surface area (Å²) in [5.41, 5.74) is 9.23. The normalized spacial score (nSPS) is 13.1. The van der Waals surface area contributed by atoms with E-state index in [1.165, 1.54) is 5.56 Å². The number of carbonyl (C=O) groups excluding carboxylic acids is 1. The van der Waals surface area contributed by atoms with Gasteiger partial charge in [0, 0.05) is 18.7 Å². The molecule has 0 fully saturated rings. The first kappa shape index (κ1) is 20.9.